The normalized spacial score (nSPS) is 12.2. The maximum atomic E-state index is 13.9. The SMILES string of the molecule is C/C(=C/c1cc(-c2cc(OCCCN)cc(-c3cc(C#CCCN)cc(C(F)(F)F)c3)c2)cc(C(F)(F)F)c1)CCN. The third-order valence-corrected chi connectivity index (χ3v) is 6.19. The Morgan fingerprint density at radius 3 is 1.90 bits per heavy atom. The maximum absolute atomic E-state index is 13.9. The van der Waals surface area contributed by atoms with Crippen molar-refractivity contribution in [2.45, 2.75) is 38.5 Å². The Kier molecular flexibility index (Phi) is 11.2. The largest absolute Gasteiger partial charge is 0.494 e. The van der Waals surface area contributed by atoms with Gasteiger partial charge in [-0.1, -0.05) is 23.5 Å². The molecule has 10 heteroatoms. The third kappa shape index (κ3) is 9.38. The highest BCUT2D eigenvalue weighted by atomic mass is 19.4. The van der Waals surface area contributed by atoms with E-state index in [4.69, 9.17) is 21.9 Å². The van der Waals surface area contributed by atoms with E-state index in [1.165, 1.54) is 12.1 Å². The van der Waals surface area contributed by atoms with Crippen LogP contribution in [0.25, 0.3) is 28.3 Å². The van der Waals surface area contributed by atoms with Crippen LogP contribution in [0.4, 0.5) is 26.3 Å². The van der Waals surface area contributed by atoms with Gasteiger partial charge in [0.1, 0.15) is 5.75 Å². The summed E-state index contributed by atoms with van der Waals surface area (Å²) in [6, 6.07) is 11.7. The van der Waals surface area contributed by atoms with Crippen molar-refractivity contribution in [3.8, 4) is 39.8 Å². The van der Waals surface area contributed by atoms with Crippen LogP contribution in [0.3, 0.4) is 0 Å². The summed E-state index contributed by atoms with van der Waals surface area (Å²) in [4.78, 5) is 0. The number of rotatable bonds is 10. The average molecular weight is 590 g/mol. The fraction of sp³-hybridized carbons (Fsp3) is 0.312. The molecule has 3 aromatic rings. The molecule has 0 unspecified atom stereocenters. The van der Waals surface area contributed by atoms with Crippen LogP contribution in [0.15, 0.2) is 60.2 Å². The van der Waals surface area contributed by atoms with E-state index in [9.17, 15) is 26.3 Å². The zero-order chi connectivity index (χ0) is 30.9. The van der Waals surface area contributed by atoms with E-state index in [-0.39, 0.29) is 35.6 Å². The van der Waals surface area contributed by atoms with E-state index in [2.05, 4.69) is 11.8 Å². The summed E-state index contributed by atoms with van der Waals surface area (Å²) in [5.41, 5.74) is 17.1. The lowest BCUT2D eigenvalue weighted by Crippen LogP contribution is -2.07. The summed E-state index contributed by atoms with van der Waals surface area (Å²) in [6.45, 7) is 2.93. The highest BCUT2D eigenvalue weighted by Crippen LogP contribution is 2.39. The van der Waals surface area contributed by atoms with Gasteiger partial charge in [0.05, 0.1) is 17.7 Å². The maximum Gasteiger partial charge on any atom is 0.416 e. The second kappa shape index (κ2) is 14.4. The first kappa shape index (κ1) is 32.7. The fourth-order valence-electron chi connectivity index (χ4n) is 4.21. The zero-order valence-corrected chi connectivity index (χ0v) is 23.1. The molecule has 4 nitrogen and oxygen atoms in total. The van der Waals surface area contributed by atoms with Crippen LogP contribution in [0.2, 0.25) is 0 Å². The zero-order valence-electron chi connectivity index (χ0n) is 23.1. The molecule has 0 atom stereocenters. The van der Waals surface area contributed by atoms with Gasteiger partial charge in [-0.25, -0.2) is 0 Å². The van der Waals surface area contributed by atoms with Gasteiger partial charge < -0.3 is 21.9 Å². The predicted octanol–water partition coefficient (Wildman–Crippen LogP) is 7.24. The lowest BCUT2D eigenvalue weighted by Gasteiger charge is -2.16. The first-order chi connectivity index (χ1) is 19.8. The van der Waals surface area contributed by atoms with Gasteiger partial charge in [-0.3, -0.25) is 0 Å². The first-order valence-electron chi connectivity index (χ1n) is 13.3. The second-order valence-corrected chi connectivity index (χ2v) is 9.74. The van der Waals surface area contributed by atoms with Crippen molar-refractivity contribution in [3.05, 3.63) is 82.4 Å². The Bertz CT molecular complexity index is 1470. The molecule has 0 aliphatic rings. The van der Waals surface area contributed by atoms with E-state index in [1.54, 1.807) is 31.2 Å². The monoisotopic (exact) mass is 589 g/mol. The lowest BCUT2D eigenvalue weighted by molar-refractivity contribution is -0.138. The second-order valence-electron chi connectivity index (χ2n) is 9.74. The topological polar surface area (TPSA) is 87.3 Å². The number of alkyl halides is 6. The quantitative estimate of drug-likeness (QED) is 0.132. The summed E-state index contributed by atoms with van der Waals surface area (Å²) in [6.07, 6.45) is -6.34. The van der Waals surface area contributed by atoms with Crippen molar-refractivity contribution in [2.75, 3.05) is 26.2 Å². The smallest absolute Gasteiger partial charge is 0.416 e. The Morgan fingerprint density at radius 1 is 0.738 bits per heavy atom. The molecule has 6 N–H and O–H groups in total. The summed E-state index contributed by atoms with van der Waals surface area (Å²) < 4.78 is 89.0. The van der Waals surface area contributed by atoms with Crippen molar-refractivity contribution >= 4 is 6.08 Å². The van der Waals surface area contributed by atoms with Gasteiger partial charge in [0.2, 0.25) is 0 Å². The Hall–Kier alpha value is -3.78. The van der Waals surface area contributed by atoms with Gasteiger partial charge in [0, 0.05) is 18.5 Å². The molecule has 0 fully saturated rings. The van der Waals surface area contributed by atoms with Crippen molar-refractivity contribution in [1.82, 2.24) is 0 Å². The van der Waals surface area contributed by atoms with Crippen LogP contribution >= 0.6 is 0 Å². The van der Waals surface area contributed by atoms with Crippen LogP contribution in [0, 0.1) is 11.8 Å². The lowest BCUT2D eigenvalue weighted by atomic mass is 9.93. The van der Waals surface area contributed by atoms with Gasteiger partial charge in [0.25, 0.3) is 0 Å². The summed E-state index contributed by atoms with van der Waals surface area (Å²) in [5, 5.41) is 0. The van der Waals surface area contributed by atoms with Gasteiger partial charge in [-0.2, -0.15) is 26.3 Å². The number of hydrogen-bond donors (Lipinski definition) is 3. The van der Waals surface area contributed by atoms with Gasteiger partial charge in [-0.05, 0) is 115 Å². The molecule has 3 aromatic carbocycles. The van der Waals surface area contributed by atoms with Crippen molar-refractivity contribution in [1.29, 1.82) is 0 Å². The molecule has 0 aliphatic carbocycles. The molecule has 0 radical (unpaired) electrons. The van der Waals surface area contributed by atoms with E-state index in [0.717, 1.165) is 29.8 Å². The number of nitrogens with two attached hydrogens (primary N) is 3. The Labute approximate surface area is 241 Å². The number of hydrogen-bond acceptors (Lipinski definition) is 4. The molecule has 3 rings (SSSR count). The molecule has 224 valence electrons. The van der Waals surface area contributed by atoms with Gasteiger partial charge in [0.15, 0.2) is 0 Å². The van der Waals surface area contributed by atoms with E-state index in [1.807, 2.05) is 0 Å². The van der Waals surface area contributed by atoms with E-state index >= 15 is 0 Å². The highest BCUT2D eigenvalue weighted by molar-refractivity contribution is 5.78. The molecule has 0 saturated heterocycles. The number of ether oxygens (including phenoxy) is 1. The van der Waals surface area contributed by atoms with Crippen molar-refractivity contribution in [3.63, 3.8) is 0 Å². The standard InChI is InChI=1S/C32H33F6N3O/c1-21(6-9-41)11-23-13-25(18-29(15-23)32(36,37)38)27-16-26(19-30(20-27)42-10-4-8-40)24-12-22(5-2-3-7-39)14-28(17-24)31(33,34)35/h11-20H,3-4,6-10,39-41H2,1H3/b21-11-. The number of halogens is 6. The van der Waals surface area contributed by atoms with Gasteiger partial charge >= 0.3 is 12.4 Å². The molecule has 0 aromatic heterocycles. The average Bonchev–Trinajstić information content (AvgIpc) is 2.92. The van der Waals surface area contributed by atoms with E-state index < -0.39 is 23.5 Å². The van der Waals surface area contributed by atoms with Gasteiger partial charge in [-0.15, -0.1) is 0 Å². The third-order valence-electron chi connectivity index (χ3n) is 6.19. The minimum atomic E-state index is -4.65. The summed E-state index contributed by atoms with van der Waals surface area (Å²) >= 11 is 0. The van der Waals surface area contributed by atoms with Crippen LogP contribution in [-0.2, 0) is 12.4 Å². The van der Waals surface area contributed by atoms with Crippen LogP contribution < -0.4 is 21.9 Å². The van der Waals surface area contributed by atoms with Crippen molar-refractivity contribution < 1.29 is 31.1 Å². The Balaban J connectivity index is 2.27. The van der Waals surface area contributed by atoms with E-state index in [0.29, 0.717) is 49.0 Å². The van der Waals surface area contributed by atoms with Crippen molar-refractivity contribution in [2.24, 2.45) is 17.2 Å². The molecule has 0 saturated carbocycles. The molecule has 0 amide bonds. The molecular weight excluding hydrogens is 556 g/mol. The minimum Gasteiger partial charge on any atom is -0.494 e. The predicted molar refractivity (Wildman–Crippen MR) is 154 cm³/mol. The van der Waals surface area contributed by atoms with Crippen LogP contribution in [0.5, 0.6) is 5.75 Å². The fourth-order valence-corrected chi connectivity index (χ4v) is 4.21. The van der Waals surface area contributed by atoms with Crippen LogP contribution in [-0.4, -0.2) is 26.2 Å². The molecule has 42 heavy (non-hydrogen) atoms. The molecule has 0 heterocycles. The minimum absolute atomic E-state index is 0.131. The number of benzene rings is 3. The van der Waals surface area contributed by atoms with Crippen LogP contribution in [0.1, 0.15) is 48.4 Å². The summed E-state index contributed by atoms with van der Waals surface area (Å²) in [5.74, 6) is 5.74. The molecule has 0 aliphatic heterocycles. The first-order valence-corrected chi connectivity index (χ1v) is 13.3. The highest BCUT2D eigenvalue weighted by Gasteiger charge is 2.32. The Morgan fingerprint density at radius 2 is 1.33 bits per heavy atom. The molecular formula is C32H33F6N3O. The molecule has 0 bridgehead atoms. The summed E-state index contributed by atoms with van der Waals surface area (Å²) in [7, 11) is 0. The molecule has 0 spiro atoms.